The highest BCUT2D eigenvalue weighted by molar-refractivity contribution is 5.95. The standard InChI is InChI=1S/C21H19N3O/c1-2-24-19-6-4-3-5-17(19)18-14-23(12-11-20(18)24)21(25)16-9-7-15(13-22)8-10-16/h3-10H,2,11-12,14H2,1H3. The number of benzene rings is 2. The van der Waals surface area contributed by atoms with E-state index in [1.807, 2.05) is 4.90 Å². The van der Waals surface area contributed by atoms with Crippen LogP contribution in [0.5, 0.6) is 0 Å². The predicted molar refractivity (Wildman–Crippen MR) is 97.2 cm³/mol. The molecule has 1 amide bonds. The Morgan fingerprint density at radius 2 is 1.92 bits per heavy atom. The molecule has 124 valence electrons. The van der Waals surface area contributed by atoms with Gasteiger partial charge in [-0.1, -0.05) is 18.2 Å². The molecule has 0 saturated carbocycles. The zero-order valence-corrected chi connectivity index (χ0v) is 14.2. The Kier molecular flexibility index (Phi) is 3.77. The fourth-order valence-electron chi connectivity index (χ4n) is 3.81. The molecule has 1 aliphatic rings. The van der Waals surface area contributed by atoms with Gasteiger partial charge in [0, 0.05) is 53.8 Å². The van der Waals surface area contributed by atoms with E-state index in [2.05, 4.69) is 41.8 Å². The molecular weight excluding hydrogens is 310 g/mol. The Labute approximate surface area is 146 Å². The fraction of sp³-hybridized carbons (Fsp3) is 0.238. The first-order valence-electron chi connectivity index (χ1n) is 8.61. The van der Waals surface area contributed by atoms with Crippen LogP contribution in [0.2, 0.25) is 0 Å². The smallest absolute Gasteiger partial charge is 0.254 e. The molecule has 4 nitrogen and oxygen atoms in total. The summed E-state index contributed by atoms with van der Waals surface area (Å²) >= 11 is 0. The van der Waals surface area contributed by atoms with Gasteiger partial charge in [0.25, 0.3) is 5.91 Å². The van der Waals surface area contributed by atoms with Gasteiger partial charge in [-0.25, -0.2) is 0 Å². The van der Waals surface area contributed by atoms with Gasteiger partial charge in [0.1, 0.15) is 0 Å². The Morgan fingerprint density at radius 3 is 2.64 bits per heavy atom. The number of rotatable bonds is 2. The molecule has 2 heterocycles. The van der Waals surface area contributed by atoms with E-state index in [0.717, 1.165) is 19.5 Å². The first-order valence-corrected chi connectivity index (χ1v) is 8.61. The number of amides is 1. The molecule has 0 saturated heterocycles. The molecule has 2 aromatic carbocycles. The van der Waals surface area contributed by atoms with Crippen LogP contribution in [0.15, 0.2) is 48.5 Å². The van der Waals surface area contributed by atoms with E-state index in [0.29, 0.717) is 17.7 Å². The Hall–Kier alpha value is -3.06. The zero-order chi connectivity index (χ0) is 17.4. The van der Waals surface area contributed by atoms with Crippen molar-refractivity contribution in [3.63, 3.8) is 0 Å². The van der Waals surface area contributed by atoms with Crippen molar-refractivity contribution in [3.8, 4) is 6.07 Å². The molecule has 0 bridgehead atoms. The van der Waals surface area contributed by atoms with E-state index >= 15 is 0 Å². The van der Waals surface area contributed by atoms with Crippen LogP contribution in [-0.2, 0) is 19.5 Å². The van der Waals surface area contributed by atoms with Crippen molar-refractivity contribution < 1.29 is 4.79 Å². The molecule has 0 fully saturated rings. The molecule has 1 aliphatic heterocycles. The third-order valence-corrected chi connectivity index (χ3v) is 5.03. The number of hydrogen-bond donors (Lipinski definition) is 0. The molecule has 0 aliphatic carbocycles. The number of aromatic nitrogens is 1. The maximum Gasteiger partial charge on any atom is 0.254 e. The summed E-state index contributed by atoms with van der Waals surface area (Å²) < 4.78 is 2.37. The molecule has 4 heteroatoms. The van der Waals surface area contributed by atoms with E-state index in [4.69, 9.17) is 5.26 Å². The number of carbonyl (C=O) groups excluding carboxylic acids is 1. The van der Waals surface area contributed by atoms with Crippen molar-refractivity contribution in [1.29, 1.82) is 5.26 Å². The van der Waals surface area contributed by atoms with Gasteiger partial charge in [-0.05, 0) is 37.3 Å². The summed E-state index contributed by atoms with van der Waals surface area (Å²) in [6.45, 7) is 4.48. The van der Waals surface area contributed by atoms with Gasteiger partial charge in [0.05, 0.1) is 11.6 Å². The molecule has 0 radical (unpaired) electrons. The minimum Gasteiger partial charge on any atom is -0.344 e. The average Bonchev–Trinajstić information content (AvgIpc) is 3.00. The van der Waals surface area contributed by atoms with Gasteiger partial charge >= 0.3 is 0 Å². The summed E-state index contributed by atoms with van der Waals surface area (Å²) in [6, 6.07) is 17.4. The molecule has 0 unspecified atom stereocenters. The minimum absolute atomic E-state index is 0.0310. The molecule has 0 atom stereocenters. The van der Waals surface area contributed by atoms with Crippen molar-refractivity contribution in [2.24, 2.45) is 0 Å². The maximum atomic E-state index is 12.9. The van der Waals surface area contributed by atoms with Crippen molar-refractivity contribution in [3.05, 3.63) is 70.9 Å². The van der Waals surface area contributed by atoms with Gasteiger partial charge in [-0.15, -0.1) is 0 Å². The number of para-hydroxylation sites is 1. The number of nitrogens with zero attached hydrogens (tertiary/aromatic N) is 3. The van der Waals surface area contributed by atoms with Gasteiger partial charge in [0.15, 0.2) is 0 Å². The van der Waals surface area contributed by atoms with Crippen LogP contribution in [-0.4, -0.2) is 21.9 Å². The van der Waals surface area contributed by atoms with E-state index in [1.54, 1.807) is 24.3 Å². The molecule has 0 N–H and O–H groups in total. The van der Waals surface area contributed by atoms with Gasteiger partial charge in [-0.3, -0.25) is 4.79 Å². The summed E-state index contributed by atoms with van der Waals surface area (Å²) in [5.74, 6) is 0.0310. The zero-order valence-electron chi connectivity index (χ0n) is 14.2. The van der Waals surface area contributed by atoms with Gasteiger partial charge < -0.3 is 9.47 Å². The Morgan fingerprint density at radius 1 is 1.16 bits per heavy atom. The summed E-state index contributed by atoms with van der Waals surface area (Å²) in [4.78, 5) is 14.8. The number of fused-ring (bicyclic) bond motifs is 3. The number of nitriles is 1. The van der Waals surface area contributed by atoms with Gasteiger partial charge in [-0.2, -0.15) is 5.26 Å². The van der Waals surface area contributed by atoms with Crippen LogP contribution < -0.4 is 0 Å². The lowest BCUT2D eigenvalue weighted by atomic mass is 10.0. The van der Waals surface area contributed by atoms with Gasteiger partial charge in [0.2, 0.25) is 0 Å². The second-order valence-corrected chi connectivity index (χ2v) is 6.35. The Balaban J connectivity index is 1.68. The van der Waals surface area contributed by atoms with E-state index < -0.39 is 0 Å². The molecule has 25 heavy (non-hydrogen) atoms. The monoisotopic (exact) mass is 329 g/mol. The lowest BCUT2D eigenvalue weighted by Crippen LogP contribution is -2.36. The number of carbonyl (C=O) groups is 1. The quantitative estimate of drug-likeness (QED) is 0.719. The number of aryl methyl sites for hydroxylation is 1. The van der Waals surface area contributed by atoms with E-state index in [-0.39, 0.29) is 5.91 Å². The van der Waals surface area contributed by atoms with Crippen molar-refractivity contribution in [2.75, 3.05) is 6.54 Å². The van der Waals surface area contributed by atoms with Crippen LogP contribution in [0, 0.1) is 11.3 Å². The highest BCUT2D eigenvalue weighted by Gasteiger charge is 2.26. The van der Waals surface area contributed by atoms with Crippen LogP contribution in [0.1, 0.15) is 34.1 Å². The summed E-state index contributed by atoms with van der Waals surface area (Å²) in [6.07, 6.45) is 0.875. The van der Waals surface area contributed by atoms with E-state index in [9.17, 15) is 4.79 Å². The van der Waals surface area contributed by atoms with Crippen LogP contribution >= 0.6 is 0 Å². The van der Waals surface area contributed by atoms with E-state index in [1.165, 1.54) is 22.2 Å². The van der Waals surface area contributed by atoms with Crippen molar-refractivity contribution >= 4 is 16.8 Å². The first kappa shape index (κ1) is 15.5. The van der Waals surface area contributed by atoms with Crippen molar-refractivity contribution in [1.82, 2.24) is 9.47 Å². The predicted octanol–water partition coefficient (Wildman–Crippen LogP) is 3.73. The lowest BCUT2D eigenvalue weighted by molar-refractivity contribution is 0.0734. The summed E-state index contributed by atoms with van der Waals surface area (Å²) in [5, 5.41) is 10.2. The molecule has 1 aromatic heterocycles. The van der Waals surface area contributed by atoms with Crippen LogP contribution in [0.25, 0.3) is 10.9 Å². The third-order valence-electron chi connectivity index (χ3n) is 5.03. The second-order valence-electron chi connectivity index (χ2n) is 6.35. The SMILES string of the molecule is CCn1c2c(c3ccccc31)CN(C(=O)c1ccc(C#N)cc1)CC2. The lowest BCUT2D eigenvalue weighted by Gasteiger charge is -2.28. The molecular formula is C21H19N3O. The first-order chi connectivity index (χ1) is 12.2. The Bertz CT molecular complexity index is 992. The minimum atomic E-state index is 0.0310. The second kappa shape index (κ2) is 6.10. The summed E-state index contributed by atoms with van der Waals surface area (Å²) in [5.41, 5.74) is 5.09. The van der Waals surface area contributed by atoms with Crippen LogP contribution in [0.4, 0.5) is 0 Å². The molecule has 4 rings (SSSR count). The largest absolute Gasteiger partial charge is 0.344 e. The normalized spacial score (nSPS) is 13.5. The van der Waals surface area contributed by atoms with Crippen LogP contribution in [0.3, 0.4) is 0 Å². The highest BCUT2D eigenvalue weighted by Crippen LogP contribution is 2.31. The molecule has 0 spiro atoms. The van der Waals surface area contributed by atoms with Crippen molar-refractivity contribution in [2.45, 2.75) is 26.4 Å². The fourth-order valence-corrected chi connectivity index (χ4v) is 3.81. The maximum absolute atomic E-state index is 12.9. The summed E-state index contributed by atoms with van der Waals surface area (Å²) in [7, 11) is 0. The highest BCUT2D eigenvalue weighted by atomic mass is 16.2. The topological polar surface area (TPSA) is 49.0 Å². The third kappa shape index (κ3) is 2.49. The average molecular weight is 329 g/mol. The molecule has 3 aromatic rings. The number of hydrogen-bond acceptors (Lipinski definition) is 2.